The molecule has 0 aromatic heterocycles. The number of carbonyl (C=O) groups is 11. The first-order valence-corrected chi connectivity index (χ1v) is 20.9. The first-order valence-electron chi connectivity index (χ1n) is 20.9. The van der Waals surface area contributed by atoms with Crippen LogP contribution in [-0.4, -0.2) is 138 Å². The molecule has 15 N–H and O–H groups in total. The summed E-state index contributed by atoms with van der Waals surface area (Å²) in [5, 5.41) is 29.8. The van der Waals surface area contributed by atoms with Crippen LogP contribution in [0.2, 0.25) is 0 Å². The van der Waals surface area contributed by atoms with E-state index in [-0.39, 0.29) is 12.2 Å². The Hall–Kier alpha value is -7.63. The van der Waals surface area contributed by atoms with Gasteiger partial charge in [-0.3, -0.25) is 52.7 Å². The van der Waals surface area contributed by atoms with Crippen molar-refractivity contribution in [2.45, 2.75) is 82.2 Å². The van der Waals surface area contributed by atoms with Gasteiger partial charge in [-0.2, -0.15) is 0 Å². The number of nitrogens with one attached hydrogen (secondary N) is 8. The Balaban J connectivity index is 2.01. The molecule has 24 nitrogen and oxygen atoms in total. The van der Waals surface area contributed by atoms with Crippen LogP contribution in [0.4, 0.5) is 0 Å². The standard InChI is InChI=1S/C42H58N12O12/c1-4-22(2)35-41(65)49-26(14-15-30(43)56)37(61)50-28(17-31(44)57)38(62)51-29(18-46-20-33(59)48-27(39(63)53-35)16-23-10-12-25(55)13-11-23)42(66)54(3)21-34(60)52-36(24-8-6-5-7-9-24)40(64)47-19-32(45)58/h5-13,22,26-29,35-36,46,55H,4,14-21H2,1-3H3,(H2,43,56)(H2,44,57)(H2,45,58)(H,47,64)(H,48,59)(H,49,65)(H,50,61)(H,51,62)(H,52,60)(H,53,63)/t22-,26-,27-,28-,29-,35-,36-/m0/s1. The summed E-state index contributed by atoms with van der Waals surface area (Å²) in [7, 11) is 1.19. The second-order valence-corrected chi connectivity index (χ2v) is 15.6. The fraction of sp³-hybridized carbons (Fsp3) is 0.452. The lowest BCUT2D eigenvalue weighted by molar-refractivity contribution is -0.140. The first-order chi connectivity index (χ1) is 31.2. The second kappa shape index (κ2) is 25.6. The molecular weight excluding hydrogens is 865 g/mol. The van der Waals surface area contributed by atoms with Crippen LogP contribution in [0.25, 0.3) is 0 Å². The van der Waals surface area contributed by atoms with Crippen molar-refractivity contribution < 1.29 is 57.8 Å². The molecule has 0 bridgehead atoms. The maximum atomic E-state index is 14.0. The van der Waals surface area contributed by atoms with E-state index in [1.165, 1.54) is 43.4 Å². The lowest BCUT2D eigenvalue weighted by Gasteiger charge is -2.30. The predicted octanol–water partition coefficient (Wildman–Crippen LogP) is -4.93. The number of benzene rings is 2. The minimum absolute atomic E-state index is 0.0613. The Morgan fingerprint density at radius 2 is 1.39 bits per heavy atom. The van der Waals surface area contributed by atoms with E-state index in [1.54, 1.807) is 32.0 Å². The SMILES string of the molecule is CC[C@H](C)[C@@H]1NC(=O)[C@H](Cc2ccc(O)cc2)NC(=O)CNC[C@@H](C(=O)N(C)CC(=O)N[C@H](C(=O)NCC(N)=O)c2ccccc2)NC(=O)[C@H](CC(N)=O)NC(=O)[C@H](CCC(N)=O)NC1=O. The highest BCUT2D eigenvalue weighted by atomic mass is 16.3. The summed E-state index contributed by atoms with van der Waals surface area (Å²) >= 11 is 0. The zero-order valence-electron chi connectivity index (χ0n) is 36.7. The molecule has 1 aliphatic rings. The number of likely N-dealkylation sites (N-methyl/N-ethyl adjacent to an activating group) is 1. The van der Waals surface area contributed by atoms with Crippen molar-refractivity contribution in [2.24, 2.45) is 23.1 Å². The van der Waals surface area contributed by atoms with Crippen molar-refractivity contribution in [3.8, 4) is 5.75 Å². The molecule has 0 aliphatic carbocycles. The van der Waals surface area contributed by atoms with Gasteiger partial charge in [-0.25, -0.2) is 0 Å². The number of carbonyl (C=O) groups excluding carboxylic acids is 11. The molecule has 0 unspecified atom stereocenters. The number of primary amides is 3. The predicted molar refractivity (Wildman–Crippen MR) is 233 cm³/mol. The Morgan fingerprint density at radius 1 is 0.773 bits per heavy atom. The molecule has 0 radical (unpaired) electrons. The molecule has 1 heterocycles. The van der Waals surface area contributed by atoms with Gasteiger partial charge in [0.25, 0.3) is 0 Å². The zero-order valence-corrected chi connectivity index (χ0v) is 36.7. The molecular formula is C42H58N12O12. The van der Waals surface area contributed by atoms with Crippen LogP contribution >= 0.6 is 0 Å². The number of aromatic hydroxyl groups is 1. The summed E-state index contributed by atoms with van der Waals surface area (Å²) in [6, 6.07) is 4.71. The minimum Gasteiger partial charge on any atom is -0.508 e. The fourth-order valence-corrected chi connectivity index (χ4v) is 6.57. The molecule has 1 fully saturated rings. The van der Waals surface area contributed by atoms with Gasteiger partial charge in [-0.1, -0.05) is 62.7 Å². The van der Waals surface area contributed by atoms with E-state index >= 15 is 0 Å². The maximum Gasteiger partial charge on any atom is 0.247 e. The summed E-state index contributed by atoms with van der Waals surface area (Å²) in [5.41, 5.74) is 16.8. The third kappa shape index (κ3) is 17.2. The minimum atomic E-state index is -1.79. The van der Waals surface area contributed by atoms with Gasteiger partial charge in [-0.15, -0.1) is 0 Å². The number of amides is 11. The van der Waals surface area contributed by atoms with Crippen molar-refractivity contribution in [2.75, 3.05) is 33.2 Å². The van der Waals surface area contributed by atoms with Gasteiger partial charge in [-0.05, 0) is 35.6 Å². The van der Waals surface area contributed by atoms with Crippen molar-refractivity contribution in [3.63, 3.8) is 0 Å². The Labute approximate surface area is 379 Å². The van der Waals surface area contributed by atoms with Crippen molar-refractivity contribution in [3.05, 3.63) is 65.7 Å². The van der Waals surface area contributed by atoms with Crippen molar-refractivity contribution >= 4 is 65.0 Å². The highest BCUT2D eigenvalue weighted by Crippen LogP contribution is 2.15. The summed E-state index contributed by atoms with van der Waals surface area (Å²) in [6.45, 7) is 1.05. The second-order valence-electron chi connectivity index (χ2n) is 15.6. The molecule has 0 spiro atoms. The quantitative estimate of drug-likeness (QED) is 0.0709. The Morgan fingerprint density at radius 3 is 2.00 bits per heavy atom. The summed E-state index contributed by atoms with van der Waals surface area (Å²) in [4.78, 5) is 146. The molecule has 1 saturated heterocycles. The van der Waals surface area contributed by atoms with Crippen LogP contribution in [0.1, 0.15) is 56.7 Å². The topological polar surface area (TPSA) is 386 Å². The third-order valence-corrected chi connectivity index (χ3v) is 10.3. The zero-order chi connectivity index (χ0) is 49.1. The number of phenols is 1. The average molecular weight is 923 g/mol. The molecule has 358 valence electrons. The molecule has 2 aromatic rings. The molecule has 24 heteroatoms. The first kappa shape index (κ1) is 52.7. The Bertz CT molecular complexity index is 2110. The third-order valence-electron chi connectivity index (χ3n) is 10.3. The molecule has 2 aromatic carbocycles. The van der Waals surface area contributed by atoms with E-state index < -0.39 is 153 Å². The average Bonchev–Trinajstić information content (AvgIpc) is 3.26. The van der Waals surface area contributed by atoms with Crippen LogP contribution in [0.5, 0.6) is 5.75 Å². The van der Waals surface area contributed by atoms with Crippen molar-refractivity contribution in [1.82, 2.24) is 47.4 Å². The van der Waals surface area contributed by atoms with Gasteiger partial charge < -0.3 is 69.7 Å². The largest absolute Gasteiger partial charge is 0.508 e. The molecule has 66 heavy (non-hydrogen) atoms. The highest BCUT2D eigenvalue weighted by Gasteiger charge is 2.36. The van der Waals surface area contributed by atoms with E-state index in [9.17, 15) is 57.8 Å². The van der Waals surface area contributed by atoms with E-state index in [2.05, 4.69) is 42.5 Å². The number of nitrogens with two attached hydrogens (primary N) is 3. The number of nitrogens with zero attached hydrogens (tertiary/aromatic N) is 1. The van der Waals surface area contributed by atoms with Crippen LogP contribution in [0.3, 0.4) is 0 Å². The molecule has 1 aliphatic heterocycles. The molecule has 3 rings (SSSR count). The molecule has 7 atom stereocenters. The van der Waals surface area contributed by atoms with Crippen molar-refractivity contribution in [1.29, 1.82) is 0 Å². The van der Waals surface area contributed by atoms with Gasteiger partial charge in [0, 0.05) is 26.4 Å². The number of hydrogen-bond donors (Lipinski definition) is 12. The Kier molecular flexibility index (Phi) is 20.5. The van der Waals surface area contributed by atoms with Crippen LogP contribution in [0.15, 0.2) is 54.6 Å². The van der Waals surface area contributed by atoms with E-state index in [1.807, 2.05) is 0 Å². The fourth-order valence-electron chi connectivity index (χ4n) is 6.57. The van der Waals surface area contributed by atoms with Gasteiger partial charge in [0.15, 0.2) is 0 Å². The highest BCUT2D eigenvalue weighted by molar-refractivity contribution is 5.99. The van der Waals surface area contributed by atoms with Crippen LogP contribution in [0, 0.1) is 5.92 Å². The normalized spacial score (nSPS) is 20.8. The smallest absolute Gasteiger partial charge is 0.247 e. The lowest BCUT2D eigenvalue weighted by atomic mass is 9.96. The van der Waals surface area contributed by atoms with Crippen LogP contribution in [-0.2, 0) is 59.2 Å². The van der Waals surface area contributed by atoms with E-state index in [0.717, 1.165) is 4.90 Å². The monoisotopic (exact) mass is 922 g/mol. The summed E-state index contributed by atoms with van der Waals surface area (Å²) in [6.07, 6.45) is -1.43. The number of hydrogen-bond acceptors (Lipinski definition) is 13. The maximum absolute atomic E-state index is 14.0. The summed E-state index contributed by atoms with van der Waals surface area (Å²) in [5.74, 6) is -10.7. The lowest BCUT2D eigenvalue weighted by Crippen LogP contribution is -2.62. The van der Waals surface area contributed by atoms with Crippen LogP contribution < -0.4 is 59.7 Å². The summed E-state index contributed by atoms with van der Waals surface area (Å²) < 4.78 is 0. The molecule has 0 saturated carbocycles. The number of phenolic OH excluding ortho intramolecular Hbond substituents is 1. The van der Waals surface area contributed by atoms with Gasteiger partial charge in [0.05, 0.1) is 26.1 Å². The molecule has 11 amide bonds. The van der Waals surface area contributed by atoms with E-state index in [4.69, 9.17) is 17.2 Å². The van der Waals surface area contributed by atoms with E-state index in [0.29, 0.717) is 17.5 Å². The van der Waals surface area contributed by atoms with Gasteiger partial charge in [0.1, 0.15) is 42.0 Å². The number of rotatable bonds is 17. The van der Waals surface area contributed by atoms with Gasteiger partial charge in [0.2, 0.25) is 65.0 Å². The van der Waals surface area contributed by atoms with Gasteiger partial charge >= 0.3 is 0 Å².